The summed E-state index contributed by atoms with van der Waals surface area (Å²) in [6, 6.07) is 18.4. The number of piperidine rings is 1. The predicted octanol–water partition coefficient (Wildman–Crippen LogP) is 5.17. The first-order chi connectivity index (χ1) is 13.3. The minimum Gasteiger partial charge on any atom is -0.494 e. The summed E-state index contributed by atoms with van der Waals surface area (Å²) in [6.45, 7) is 6.09. The first-order valence-electron chi connectivity index (χ1n) is 10.5. The van der Waals surface area contributed by atoms with Gasteiger partial charge in [-0.1, -0.05) is 62.2 Å². The van der Waals surface area contributed by atoms with Gasteiger partial charge in [0.1, 0.15) is 5.75 Å². The largest absolute Gasteiger partial charge is 0.494 e. The molecule has 3 heteroatoms. The fourth-order valence-electron chi connectivity index (χ4n) is 3.84. The van der Waals surface area contributed by atoms with Gasteiger partial charge in [0.05, 0.1) is 12.7 Å². The molecule has 2 atom stereocenters. The van der Waals surface area contributed by atoms with Gasteiger partial charge in [-0.2, -0.15) is 0 Å². The molecule has 2 aromatic rings. The second kappa shape index (κ2) is 10.5. The zero-order chi connectivity index (χ0) is 18.9. The molecule has 1 N–H and O–H groups in total. The highest BCUT2D eigenvalue weighted by Gasteiger charge is 2.26. The van der Waals surface area contributed by atoms with Crippen LogP contribution in [-0.2, 0) is 0 Å². The van der Waals surface area contributed by atoms with Crippen LogP contribution in [0.15, 0.2) is 54.6 Å². The Morgan fingerprint density at radius 3 is 2.30 bits per heavy atom. The molecule has 1 aliphatic rings. The molecule has 1 saturated heterocycles. The second-order valence-electron chi connectivity index (χ2n) is 7.59. The van der Waals surface area contributed by atoms with E-state index < -0.39 is 6.10 Å². The fourth-order valence-corrected chi connectivity index (χ4v) is 3.84. The van der Waals surface area contributed by atoms with Gasteiger partial charge in [-0.3, -0.25) is 0 Å². The maximum absolute atomic E-state index is 11.2. The smallest absolute Gasteiger partial charge is 0.119 e. The average molecular weight is 368 g/mol. The van der Waals surface area contributed by atoms with Crippen molar-refractivity contribution in [2.75, 3.05) is 26.2 Å². The summed E-state index contributed by atoms with van der Waals surface area (Å²) in [4.78, 5) is 2.51. The van der Waals surface area contributed by atoms with Crippen LogP contribution in [0.25, 0.3) is 0 Å². The zero-order valence-electron chi connectivity index (χ0n) is 16.5. The lowest BCUT2D eigenvalue weighted by Crippen LogP contribution is -2.35. The van der Waals surface area contributed by atoms with Crippen molar-refractivity contribution in [2.45, 2.75) is 51.0 Å². The normalized spacial score (nSPS) is 17.4. The Bertz CT molecular complexity index is 650. The maximum atomic E-state index is 11.2. The van der Waals surface area contributed by atoms with E-state index in [0.29, 0.717) is 0 Å². The van der Waals surface area contributed by atoms with E-state index >= 15 is 0 Å². The van der Waals surface area contributed by atoms with Gasteiger partial charge < -0.3 is 14.7 Å². The Morgan fingerprint density at radius 1 is 0.926 bits per heavy atom. The van der Waals surface area contributed by atoms with Crippen molar-refractivity contribution in [3.8, 4) is 5.75 Å². The summed E-state index contributed by atoms with van der Waals surface area (Å²) >= 11 is 0. The molecule has 0 amide bonds. The van der Waals surface area contributed by atoms with E-state index in [2.05, 4.69) is 36.1 Å². The Labute approximate surface area is 164 Å². The summed E-state index contributed by atoms with van der Waals surface area (Å²) in [6.07, 6.45) is 5.54. The number of nitrogens with zero attached hydrogens (tertiary/aromatic N) is 1. The topological polar surface area (TPSA) is 32.7 Å². The summed E-state index contributed by atoms with van der Waals surface area (Å²) in [5.41, 5.74) is 2.17. The zero-order valence-corrected chi connectivity index (χ0v) is 16.5. The standard InChI is InChI=1S/C24H33NO2/c1-2-3-18-27-22-14-12-21(13-15-22)24(26)23(20-10-6-4-7-11-20)19-25-16-8-5-9-17-25/h4,6-7,10-15,23-24,26H,2-3,5,8-9,16-19H2,1H3/t23-,24-/m1/s1. The Morgan fingerprint density at radius 2 is 1.63 bits per heavy atom. The molecule has 0 aliphatic carbocycles. The van der Waals surface area contributed by atoms with E-state index in [9.17, 15) is 5.11 Å². The van der Waals surface area contributed by atoms with Gasteiger partial charge in [0, 0.05) is 12.5 Å². The average Bonchev–Trinajstić information content (AvgIpc) is 2.74. The molecule has 0 spiro atoms. The van der Waals surface area contributed by atoms with Crippen LogP contribution in [0, 0.1) is 0 Å². The molecule has 146 valence electrons. The minimum absolute atomic E-state index is 0.0798. The molecule has 0 radical (unpaired) electrons. The molecule has 0 bridgehead atoms. The van der Waals surface area contributed by atoms with Gasteiger partial charge in [0.15, 0.2) is 0 Å². The van der Waals surface area contributed by atoms with Crippen molar-refractivity contribution in [3.05, 3.63) is 65.7 Å². The van der Waals surface area contributed by atoms with Crippen molar-refractivity contribution in [2.24, 2.45) is 0 Å². The van der Waals surface area contributed by atoms with Crippen LogP contribution in [0.3, 0.4) is 0 Å². The number of hydrogen-bond donors (Lipinski definition) is 1. The summed E-state index contributed by atoms with van der Waals surface area (Å²) in [5.74, 6) is 0.961. The number of benzene rings is 2. The molecule has 27 heavy (non-hydrogen) atoms. The van der Waals surface area contributed by atoms with E-state index in [1.54, 1.807) is 0 Å². The van der Waals surface area contributed by atoms with Crippen LogP contribution < -0.4 is 4.74 Å². The quantitative estimate of drug-likeness (QED) is 0.621. The van der Waals surface area contributed by atoms with Crippen LogP contribution in [0.2, 0.25) is 0 Å². The monoisotopic (exact) mass is 367 g/mol. The lowest BCUT2D eigenvalue weighted by atomic mass is 9.88. The predicted molar refractivity (Wildman–Crippen MR) is 111 cm³/mol. The van der Waals surface area contributed by atoms with Gasteiger partial charge >= 0.3 is 0 Å². The molecule has 3 nitrogen and oxygen atoms in total. The fraction of sp³-hybridized carbons (Fsp3) is 0.500. The Balaban J connectivity index is 1.72. The number of aliphatic hydroxyl groups is 1. The van der Waals surface area contributed by atoms with Gasteiger partial charge in [-0.05, 0) is 55.6 Å². The van der Waals surface area contributed by atoms with E-state index in [-0.39, 0.29) is 5.92 Å². The number of ether oxygens (including phenoxy) is 1. The summed E-state index contributed by atoms with van der Waals surface area (Å²) in [5, 5.41) is 11.2. The first kappa shape index (κ1) is 19.9. The lowest BCUT2D eigenvalue weighted by Gasteiger charge is -2.33. The molecule has 3 rings (SSSR count). The third-order valence-electron chi connectivity index (χ3n) is 5.50. The highest BCUT2D eigenvalue weighted by molar-refractivity contribution is 5.32. The number of unbranched alkanes of at least 4 members (excludes halogenated alkanes) is 1. The second-order valence-corrected chi connectivity index (χ2v) is 7.59. The number of rotatable bonds is 9. The molecule has 1 aliphatic heterocycles. The van der Waals surface area contributed by atoms with Crippen molar-refractivity contribution < 1.29 is 9.84 Å². The highest BCUT2D eigenvalue weighted by atomic mass is 16.5. The number of hydrogen-bond acceptors (Lipinski definition) is 3. The number of aliphatic hydroxyl groups excluding tert-OH is 1. The number of likely N-dealkylation sites (tertiary alicyclic amines) is 1. The van der Waals surface area contributed by atoms with Crippen molar-refractivity contribution in [3.63, 3.8) is 0 Å². The van der Waals surface area contributed by atoms with E-state index in [0.717, 1.165) is 50.4 Å². The first-order valence-corrected chi connectivity index (χ1v) is 10.5. The van der Waals surface area contributed by atoms with Gasteiger partial charge in [0.2, 0.25) is 0 Å². The van der Waals surface area contributed by atoms with Gasteiger partial charge in [0.25, 0.3) is 0 Å². The van der Waals surface area contributed by atoms with E-state index in [1.807, 2.05) is 30.3 Å². The van der Waals surface area contributed by atoms with Crippen molar-refractivity contribution in [1.82, 2.24) is 4.90 Å². The van der Waals surface area contributed by atoms with Gasteiger partial charge in [-0.25, -0.2) is 0 Å². The third kappa shape index (κ3) is 5.82. The van der Waals surface area contributed by atoms with Gasteiger partial charge in [-0.15, -0.1) is 0 Å². The highest BCUT2D eigenvalue weighted by Crippen LogP contribution is 2.33. The molecule has 1 fully saturated rings. The molecule has 0 saturated carbocycles. The summed E-state index contributed by atoms with van der Waals surface area (Å²) < 4.78 is 5.76. The molecular weight excluding hydrogens is 334 g/mol. The molecular formula is C24H33NO2. The van der Waals surface area contributed by atoms with Crippen molar-refractivity contribution >= 4 is 0 Å². The lowest BCUT2D eigenvalue weighted by molar-refractivity contribution is 0.109. The minimum atomic E-state index is -0.515. The molecule has 0 aromatic heterocycles. The van der Waals surface area contributed by atoms with E-state index in [4.69, 9.17) is 4.74 Å². The molecule has 1 heterocycles. The van der Waals surface area contributed by atoms with Crippen LogP contribution in [0.5, 0.6) is 5.75 Å². The molecule has 0 unspecified atom stereocenters. The van der Waals surface area contributed by atoms with Crippen LogP contribution in [0.4, 0.5) is 0 Å². The van der Waals surface area contributed by atoms with Crippen LogP contribution in [0.1, 0.15) is 62.2 Å². The summed E-state index contributed by atoms with van der Waals surface area (Å²) in [7, 11) is 0. The SMILES string of the molecule is CCCCOc1ccc([C@@H](O)[C@H](CN2CCCCC2)c2ccccc2)cc1. The maximum Gasteiger partial charge on any atom is 0.119 e. The Kier molecular flexibility index (Phi) is 7.73. The third-order valence-corrected chi connectivity index (χ3v) is 5.50. The van der Waals surface area contributed by atoms with E-state index in [1.165, 1.54) is 24.8 Å². The Hall–Kier alpha value is -1.84. The van der Waals surface area contributed by atoms with Crippen molar-refractivity contribution in [1.29, 1.82) is 0 Å². The van der Waals surface area contributed by atoms with Crippen LogP contribution >= 0.6 is 0 Å². The molecule has 2 aromatic carbocycles. The van der Waals surface area contributed by atoms with Crippen LogP contribution in [-0.4, -0.2) is 36.2 Å².